The highest BCUT2D eigenvalue weighted by atomic mass is 32.2. The summed E-state index contributed by atoms with van der Waals surface area (Å²) in [5, 5.41) is 2.12. The second-order valence-electron chi connectivity index (χ2n) is 5.08. The molecule has 0 aliphatic carbocycles. The maximum Gasteiger partial charge on any atom is 0.294 e. The van der Waals surface area contributed by atoms with Gasteiger partial charge in [0, 0.05) is 19.2 Å². The molecule has 7 nitrogen and oxygen atoms in total. The first-order valence-electron chi connectivity index (χ1n) is 7.79. The number of carbonyl (C=O) groups is 3. The average Bonchev–Trinajstić information content (AvgIpc) is 2.85. The van der Waals surface area contributed by atoms with Gasteiger partial charge in [0.05, 0.1) is 18.1 Å². The van der Waals surface area contributed by atoms with Crippen LogP contribution in [0, 0.1) is 0 Å². The molecule has 2 rings (SSSR count). The number of ether oxygens (including phenoxy) is 2. The van der Waals surface area contributed by atoms with Crippen molar-refractivity contribution in [3.63, 3.8) is 0 Å². The van der Waals surface area contributed by atoms with E-state index in [4.69, 9.17) is 9.47 Å². The lowest BCUT2D eigenvalue weighted by Crippen LogP contribution is -2.40. The second kappa shape index (κ2) is 9.24. The van der Waals surface area contributed by atoms with E-state index in [1.54, 1.807) is 18.2 Å². The first kappa shape index (κ1) is 19.0. The number of nitrogens with one attached hydrogen (secondary N) is 1. The van der Waals surface area contributed by atoms with Crippen LogP contribution in [0.25, 0.3) is 6.08 Å². The summed E-state index contributed by atoms with van der Waals surface area (Å²) in [5.41, 5.74) is 0.708. The molecular formula is C17H20N2O5S. The molecule has 0 aromatic heterocycles. The molecule has 1 fully saturated rings. The number of imide groups is 1. The Bertz CT molecular complexity index is 689. The lowest BCUT2D eigenvalue weighted by atomic mass is 10.2. The third-order valence-electron chi connectivity index (χ3n) is 3.31. The lowest BCUT2D eigenvalue weighted by Gasteiger charge is -2.12. The number of amides is 3. The fourth-order valence-electron chi connectivity index (χ4n) is 2.16. The molecule has 1 aliphatic rings. The smallest absolute Gasteiger partial charge is 0.294 e. The second-order valence-corrected chi connectivity index (χ2v) is 6.07. The zero-order chi connectivity index (χ0) is 18.2. The molecule has 1 aromatic rings. The van der Waals surface area contributed by atoms with Crippen molar-refractivity contribution in [2.24, 2.45) is 0 Å². The molecule has 0 spiro atoms. The Morgan fingerprint density at radius 3 is 2.80 bits per heavy atom. The van der Waals surface area contributed by atoms with Gasteiger partial charge in [-0.2, -0.15) is 0 Å². The number of benzene rings is 1. The maximum absolute atomic E-state index is 12.4. The molecule has 1 aliphatic heterocycles. The summed E-state index contributed by atoms with van der Waals surface area (Å²) in [6, 6.07) is 7.25. The van der Waals surface area contributed by atoms with Crippen LogP contribution in [0.2, 0.25) is 0 Å². The standard InChI is InChI=1S/C17H20N2O5S/c1-3-24-13-7-5-4-6-12(13)10-14-16(21)19(17(22)25-14)11-15(20)18-8-9-23-2/h4-7,10H,3,8-9,11H2,1-2H3,(H,18,20)/b14-10-. The van der Waals surface area contributed by atoms with Crippen LogP contribution in [-0.2, 0) is 14.3 Å². The molecule has 0 unspecified atom stereocenters. The van der Waals surface area contributed by atoms with Crippen molar-refractivity contribution in [3.05, 3.63) is 34.7 Å². The van der Waals surface area contributed by atoms with Gasteiger partial charge in [-0.3, -0.25) is 19.3 Å². The summed E-state index contributed by atoms with van der Waals surface area (Å²) in [6.07, 6.45) is 1.61. The Morgan fingerprint density at radius 2 is 2.08 bits per heavy atom. The minimum Gasteiger partial charge on any atom is -0.493 e. The Kier molecular flexibility index (Phi) is 7.03. The molecule has 25 heavy (non-hydrogen) atoms. The highest BCUT2D eigenvalue weighted by Crippen LogP contribution is 2.33. The van der Waals surface area contributed by atoms with Crippen LogP contribution in [0.15, 0.2) is 29.2 Å². The fourth-order valence-corrected chi connectivity index (χ4v) is 2.99. The van der Waals surface area contributed by atoms with Gasteiger partial charge in [0.25, 0.3) is 11.1 Å². The van der Waals surface area contributed by atoms with E-state index in [0.29, 0.717) is 31.1 Å². The van der Waals surface area contributed by atoms with E-state index < -0.39 is 17.1 Å². The molecule has 1 aromatic carbocycles. The van der Waals surface area contributed by atoms with Gasteiger partial charge in [-0.15, -0.1) is 0 Å². The van der Waals surface area contributed by atoms with E-state index in [2.05, 4.69) is 5.32 Å². The number of carbonyl (C=O) groups excluding carboxylic acids is 3. The largest absolute Gasteiger partial charge is 0.493 e. The SMILES string of the molecule is CCOc1ccccc1/C=C1\SC(=O)N(CC(=O)NCCOC)C1=O. The van der Waals surface area contributed by atoms with E-state index in [0.717, 1.165) is 16.7 Å². The molecular weight excluding hydrogens is 344 g/mol. The number of hydrogen-bond donors (Lipinski definition) is 1. The number of rotatable bonds is 8. The number of para-hydroxylation sites is 1. The van der Waals surface area contributed by atoms with Crippen molar-refractivity contribution in [1.29, 1.82) is 0 Å². The fraction of sp³-hybridized carbons (Fsp3) is 0.353. The normalized spacial score (nSPS) is 15.8. The number of nitrogens with zero attached hydrogens (tertiary/aromatic N) is 1. The van der Waals surface area contributed by atoms with Crippen LogP contribution in [0.1, 0.15) is 12.5 Å². The Morgan fingerprint density at radius 1 is 1.32 bits per heavy atom. The third-order valence-corrected chi connectivity index (χ3v) is 4.22. The summed E-state index contributed by atoms with van der Waals surface area (Å²) in [4.78, 5) is 37.5. The highest BCUT2D eigenvalue weighted by molar-refractivity contribution is 8.18. The van der Waals surface area contributed by atoms with Crippen molar-refractivity contribution in [1.82, 2.24) is 10.2 Å². The molecule has 0 saturated carbocycles. The third kappa shape index (κ3) is 5.07. The van der Waals surface area contributed by atoms with Crippen molar-refractivity contribution in [2.45, 2.75) is 6.92 Å². The van der Waals surface area contributed by atoms with E-state index in [1.165, 1.54) is 7.11 Å². The maximum atomic E-state index is 12.4. The average molecular weight is 364 g/mol. The Hall–Kier alpha value is -2.32. The van der Waals surface area contributed by atoms with Gasteiger partial charge in [0.2, 0.25) is 5.91 Å². The topological polar surface area (TPSA) is 84.9 Å². The van der Waals surface area contributed by atoms with Crippen LogP contribution in [-0.4, -0.2) is 55.4 Å². The van der Waals surface area contributed by atoms with Crippen molar-refractivity contribution < 1.29 is 23.9 Å². The summed E-state index contributed by atoms with van der Waals surface area (Å²) < 4.78 is 10.3. The lowest BCUT2D eigenvalue weighted by molar-refractivity contribution is -0.129. The Balaban J connectivity index is 2.09. The van der Waals surface area contributed by atoms with Crippen LogP contribution >= 0.6 is 11.8 Å². The van der Waals surface area contributed by atoms with Gasteiger partial charge < -0.3 is 14.8 Å². The zero-order valence-electron chi connectivity index (χ0n) is 14.1. The van der Waals surface area contributed by atoms with Crippen LogP contribution in [0.5, 0.6) is 5.75 Å². The van der Waals surface area contributed by atoms with Gasteiger partial charge in [-0.25, -0.2) is 0 Å². The van der Waals surface area contributed by atoms with Gasteiger partial charge >= 0.3 is 0 Å². The molecule has 1 saturated heterocycles. The minimum atomic E-state index is -0.483. The van der Waals surface area contributed by atoms with E-state index in [9.17, 15) is 14.4 Å². The van der Waals surface area contributed by atoms with Crippen LogP contribution in [0.4, 0.5) is 4.79 Å². The summed E-state index contributed by atoms with van der Waals surface area (Å²) in [6.45, 7) is 2.74. The van der Waals surface area contributed by atoms with Crippen LogP contribution < -0.4 is 10.1 Å². The monoisotopic (exact) mass is 364 g/mol. The van der Waals surface area contributed by atoms with Crippen molar-refractivity contribution in [2.75, 3.05) is 33.4 Å². The molecule has 1 heterocycles. The van der Waals surface area contributed by atoms with Gasteiger partial charge in [-0.1, -0.05) is 18.2 Å². The molecule has 1 N–H and O–H groups in total. The van der Waals surface area contributed by atoms with Crippen molar-refractivity contribution >= 4 is 34.9 Å². The molecule has 8 heteroatoms. The summed E-state index contributed by atoms with van der Waals surface area (Å²) >= 11 is 0.812. The number of thioether (sulfide) groups is 1. The number of methoxy groups -OCH3 is 1. The van der Waals surface area contributed by atoms with E-state index in [1.807, 2.05) is 19.1 Å². The molecule has 0 atom stereocenters. The van der Waals surface area contributed by atoms with Gasteiger partial charge in [-0.05, 0) is 30.8 Å². The molecule has 134 valence electrons. The van der Waals surface area contributed by atoms with E-state index >= 15 is 0 Å². The highest BCUT2D eigenvalue weighted by Gasteiger charge is 2.36. The quantitative estimate of drug-likeness (QED) is 0.560. The first-order chi connectivity index (χ1) is 12.1. The minimum absolute atomic E-state index is 0.266. The van der Waals surface area contributed by atoms with Crippen molar-refractivity contribution in [3.8, 4) is 5.75 Å². The summed E-state index contributed by atoms with van der Waals surface area (Å²) in [7, 11) is 1.52. The molecule has 3 amide bonds. The van der Waals surface area contributed by atoms with Gasteiger partial charge in [0.1, 0.15) is 12.3 Å². The zero-order valence-corrected chi connectivity index (χ0v) is 14.9. The number of hydrogen-bond acceptors (Lipinski definition) is 6. The first-order valence-corrected chi connectivity index (χ1v) is 8.61. The Labute approximate surface area is 150 Å². The van der Waals surface area contributed by atoms with E-state index in [-0.39, 0.29) is 11.4 Å². The molecule has 0 radical (unpaired) electrons. The predicted molar refractivity (Wildman–Crippen MR) is 95.2 cm³/mol. The molecule has 0 bridgehead atoms. The predicted octanol–water partition coefficient (Wildman–Crippen LogP) is 1.88. The summed E-state index contributed by atoms with van der Waals surface area (Å²) in [5.74, 6) is -0.257. The van der Waals surface area contributed by atoms with Gasteiger partial charge in [0.15, 0.2) is 0 Å². The van der Waals surface area contributed by atoms with Crippen LogP contribution in [0.3, 0.4) is 0 Å².